The molecule has 0 spiro atoms. The van der Waals surface area contributed by atoms with E-state index in [0.717, 1.165) is 22.6 Å². The van der Waals surface area contributed by atoms with Crippen LogP contribution in [0.15, 0.2) is 97.2 Å². The summed E-state index contributed by atoms with van der Waals surface area (Å²) in [5.41, 5.74) is 3.85. The fraction of sp³-hybridized carbons (Fsp3) is 0.172. The Bertz CT molecular complexity index is 1360. The number of carbonyl (C=O) groups excluding carboxylic acids is 2. The average molecular weight is 468 g/mol. The van der Waals surface area contributed by atoms with Crippen molar-refractivity contribution in [2.24, 2.45) is 0 Å². The van der Waals surface area contributed by atoms with E-state index in [1.54, 1.807) is 34.1 Å². The van der Waals surface area contributed by atoms with Gasteiger partial charge in [-0.15, -0.1) is 0 Å². The molecule has 4 aromatic rings. The maximum absolute atomic E-state index is 14.0. The highest BCUT2D eigenvalue weighted by Crippen LogP contribution is 2.42. The fourth-order valence-corrected chi connectivity index (χ4v) is 4.68. The minimum Gasteiger partial charge on any atom is -0.327 e. The lowest BCUT2D eigenvalue weighted by Crippen LogP contribution is -2.48. The molecule has 0 aliphatic carbocycles. The molecule has 5 nitrogen and oxygen atoms in total. The highest BCUT2D eigenvalue weighted by Gasteiger charge is 2.37. The van der Waals surface area contributed by atoms with Crippen molar-refractivity contribution in [1.82, 2.24) is 9.47 Å². The lowest BCUT2D eigenvalue weighted by Gasteiger charge is -2.40. The third-order valence-corrected chi connectivity index (χ3v) is 6.38. The van der Waals surface area contributed by atoms with Gasteiger partial charge in [-0.25, -0.2) is 4.39 Å². The summed E-state index contributed by atoms with van der Waals surface area (Å²) in [7, 11) is 0. The maximum Gasteiger partial charge on any atom is 0.254 e. The molecule has 6 heteroatoms. The first kappa shape index (κ1) is 22.6. The van der Waals surface area contributed by atoms with Gasteiger partial charge >= 0.3 is 0 Å². The SMILES string of the molecule is CC(C)N(CC(=O)N1c2ccccc2-n2cccc2C1c1ccc(F)cc1)C(=O)c1ccccc1. The Balaban J connectivity index is 1.58. The van der Waals surface area contributed by atoms with Crippen LogP contribution in [0.5, 0.6) is 0 Å². The molecule has 0 saturated heterocycles. The quantitative estimate of drug-likeness (QED) is 0.383. The molecule has 176 valence electrons. The van der Waals surface area contributed by atoms with Gasteiger partial charge in [-0.1, -0.05) is 42.5 Å². The van der Waals surface area contributed by atoms with Crippen molar-refractivity contribution in [2.45, 2.75) is 25.9 Å². The molecule has 0 N–H and O–H groups in total. The van der Waals surface area contributed by atoms with Gasteiger partial charge in [0, 0.05) is 17.8 Å². The second-order valence-corrected chi connectivity index (χ2v) is 8.90. The molecule has 35 heavy (non-hydrogen) atoms. The zero-order chi connectivity index (χ0) is 24.5. The number of benzene rings is 3. The van der Waals surface area contributed by atoms with Crippen molar-refractivity contribution in [2.75, 3.05) is 11.4 Å². The Morgan fingerprint density at radius 1 is 0.857 bits per heavy atom. The number of carbonyl (C=O) groups is 2. The van der Waals surface area contributed by atoms with Gasteiger partial charge in [0.25, 0.3) is 5.91 Å². The van der Waals surface area contributed by atoms with Gasteiger partial charge in [0.2, 0.25) is 5.91 Å². The number of para-hydroxylation sites is 2. The van der Waals surface area contributed by atoms with Gasteiger partial charge in [0.1, 0.15) is 18.4 Å². The molecular formula is C29H26FN3O2. The molecule has 5 rings (SSSR count). The number of rotatable bonds is 5. The van der Waals surface area contributed by atoms with E-state index in [2.05, 4.69) is 4.57 Å². The summed E-state index contributed by atoms with van der Waals surface area (Å²) in [5.74, 6) is -0.740. The average Bonchev–Trinajstić information content (AvgIpc) is 3.37. The predicted molar refractivity (Wildman–Crippen MR) is 134 cm³/mol. The molecule has 1 aliphatic heterocycles. The zero-order valence-corrected chi connectivity index (χ0v) is 19.6. The van der Waals surface area contributed by atoms with Gasteiger partial charge in [-0.2, -0.15) is 0 Å². The third-order valence-electron chi connectivity index (χ3n) is 6.38. The van der Waals surface area contributed by atoms with Crippen molar-refractivity contribution in [3.63, 3.8) is 0 Å². The smallest absolute Gasteiger partial charge is 0.254 e. The molecule has 1 unspecified atom stereocenters. The van der Waals surface area contributed by atoms with Crippen molar-refractivity contribution in [3.05, 3.63) is 120 Å². The van der Waals surface area contributed by atoms with Gasteiger partial charge < -0.3 is 9.47 Å². The number of aromatic nitrogens is 1. The van der Waals surface area contributed by atoms with Gasteiger partial charge in [0.15, 0.2) is 0 Å². The molecule has 0 saturated carbocycles. The van der Waals surface area contributed by atoms with E-state index in [9.17, 15) is 14.0 Å². The van der Waals surface area contributed by atoms with Crippen LogP contribution >= 0.6 is 0 Å². The second kappa shape index (κ2) is 9.22. The van der Waals surface area contributed by atoms with Crippen molar-refractivity contribution < 1.29 is 14.0 Å². The van der Waals surface area contributed by atoms with Gasteiger partial charge in [-0.05, 0) is 67.9 Å². The fourth-order valence-electron chi connectivity index (χ4n) is 4.68. The Hall–Kier alpha value is -4.19. The van der Waals surface area contributed by atoms with Gasteiger partial charge in [0.05, 0.1) is 17.1 Å². The van der Waals surface area contributed by atoms with Gasteiger partial charge in [-0.3, -0.25) is 14.5 Å². The van der Waals surface area contributed by atoms with E-state index in [1.165, 1.54) is 12.1 Å². The van der Waals surface area contributed by atoms with Crippen LogP contribution in [0.1, 0.15) is 41.5 Å². The largest absolute Gasteiger partial charge is 0.327 e. The Morgan fingerprint density at radius 3 is 2.20 bits per heavy atom. The van der Waals surface area contributed by atoms with E-state index >= 15 is 0 Å². The monoisotopic (exact) mass is 467 g/mol. The molecule has 2 heterocycles. The molecule has 1 aromatic heterocycles. The summed E-state index contributed by atoms with van der Waals surface area (Å²) in [6.07, 6.45) is 1.96. The van der Waals surface area contributed by atoms with Crippen LogP contribution in [0.25, 0.3) is 5.69 Å². The van der Waals surface area contributed by atoms with Crippen LogP contribution < -0.4 is 4.90 Å². The molecule has 1 atom stereocenters. The summed E-state index contributed by atoms with van der Waals surface area (Å²) < 4.78 is 15.8. The van der Waals surface area contributed by atoms with Crippen LogP contribution in [-0.4, -0.2) is 33.9 Å². The first-order valence-electron chi connectivity index (χ1n) is 11.7. The molecule has 0 bridgehead atoms. The molecule has 0 fully saturated rings. The van der Waals surface area contributed by atoms with Crippen LogP contribution in [0.3, 0.4) is 0 Å². The third kappa shape index (κ3) is 4.12. The molecule has 1 aliphatic rings. The lowest BCUT2D eigenvalue weighted by molar-refractivity contribution is -0.120. The Labute approximate surface area is 204 Å². The summed E-state index contributed by atoms with van der Waals surface area (Å²) in [6, 6.07) is 26.2. The van der Waals surface area contributed by atoms with Crippen LogP contribution in [-0.2, 0) is 4.79 Å². The number of fused-ring (bicyclic) bond motifs is 3. The summed E-state index contributed by atoms with van der Waals surface area (Å²) in [5, 5.41) is 0. The highest BCUT2D eigenvalue weighted by atomic mass is 19.1. The maximum atomic E-state index is 14.0. The van der Waals surface area contributed by atoms with Crippen molar-refractivity contribution in [1.29, 1.82) is 0 Å². The van der Waals surface area contributed by atoms with Crippen LogP contribution in [0.2, 0.25) is 0 Å². The number of halogens is 1. The van der Waals surface area contributed by atoms with E-state index in [-0.39, 0.29) is 30.2 Å². The summed E-state index contributed by atoms with van der Waals surface area (Å²) >= 11 is 0. The number of nitrogens with zero attached hydrogens (tertiary/aromatic N) is 3. The van der Waals surface area contributed by atoms with E-state index in [4.69, 9.17) is 0 Å². The molecule has 0 radical (unpaired) electrons. The zero-order valence-electron chi connectivity index (χ0n) is 19.6. The first-order valence-corrected chi connectivity index (χ1v) is 11.7. The second-order valence-electron chi connectivity index (χ2n) is 8.90. The first-order chi connectivity index (χ1) is 17.0. The lowest BCUT2D eigenvalue weighted by atomic mass is 9.97. The standard InChI is InChI=1S/C29H26FN3O2/c1-20(2)32(29(35)22-9-4-3-5-10-22)19-27(34)33-25-12-7-6-11-24(25)31-18-8-13-26(31)28(33)21-14-16-23(30)17-15-21/h3-18,20,28H,19H2,1-2H3. The van der Waals surface area contributed by atoms with Crippen LogP contribution in [0.4, 0.5) is 10.1 Å². The topological polar surface area (TPSA) is 45.6 Å². The number of amides is 2. The van der Waals surface area contributed by atoms with Crippen molar-refractivity contribution in [3.8, 4) is 5.69 Å². The van der Waals surface area contributed by atoms with E-state index in [1.807, 2.05) is 74.6 Å². The molecular weight excluding hydrogens is 441 g/mol. The summed E-state index contributed by atoms with van der Waals surface area (Å²) in [6.45, 7) is 3.72. The van der Waals surface area contributed by atoms with E-state index in [0.29, 0.717) is 5.56 Å². The minimum absolute atomic E-state index is 0.0852. The molecule has 2 amide bonds. The normalized spacial score (nSPS) is 14.4. The van der Waals surface area contributed by atoms with E-state index < -0.39 is 6.04 Å². The van der Waals surface area contributed by atoms with Crippen molar-refractivity contribution >= 4 is 17.5 Å². The summed E-state index contributed by atoms with van der Waals surface area (Å²) in [4.78, 5) is 30.7. The van der Waals surface area contributed by atoms with Crippen LogP contribution in [0, 0.1) is 5.82 Å². The number of hydrogen-bond donors (Lipinski definition) is 0. The minimum atomic E-state index is -0.464. The Morgan fingerprint density at radius 2 is 1.51 bits per heavy atom. The number of anilines is 1. The molecule has 3 aromatic carbocycles. The Kier molecular flexibility index (Phi) is 5.95. The number of hydrogen-bond acceptors (Lipinski definition) is 2. The highest BCUT2D eigenvalue weighted by molar-refractivity contribution is 6.02. The predicted octanol–water partition coefficient (Wildman–Crippen LogP) is 5.60.